The number of nitrogens with zero attached hydrogens (tertiary/aromatic N) is 1. The summed E-state index contributed by atoms with van der Waals surface area (Å²) in [6.45, 7) is 1.22. The standard InChI is InChI=1S/C17H18ClN3O3S/c18-10-1-2-12(14(22)9-10)15(23)20-16-13(5-8-25-16)17(24)21-6-3-11(19)4-7-21/h1-2,5,8-9,11,22H,3-4,6-7,19H2,(H,20,23). The molecule has 3 rings (SSSR count). The van der Waals surface area contributed by atoms with Crippen LogP contribution in [0.25, 0.3) is 0 Å². The summed E-state index contributed by atoms with van der Waals surface area (Å²) >= 11 is 7.04. The Morgan fingerprint density at radius 1 is 1.24 bits per heavy atom. The minimum Gasteiger partial charge on any atom is -0.507 e. The number of nitrogens with two attached hydrogens (primary N) is 1. The predicted octanol–water partition coefficient (Wildman–Crippen LogP) is 2.92. The molecule has 0 saturated carbocycles. The molecule has 0 atom stereocenters. The van der Waals surface area contributed by atoms with Crippen molar-refractivity contribution in [3.63, 3.8) is 0 Å². The Morgan fingerprint density at radius 3 is 2.64 bits per heavy atom. The molecule has 1 aromatic carbocycles. The third kappa shape index (κ3) is 3.95. The number of carbonyl (C=O) groups excluding carboxylic acids is 2. The van der Waals surface area contributed by atoms with Crippen LogP contribution in [0.1, 0.15) is 33.6 Å². The summed E-state index contributed by atoms with van der Waals surface area (Å²) in [5.41, 5.74) is 6.42. The van der Waals surface area contributed by atoms with Gasteiger partial charge in [0.25, 0.3) is 11.8 Å². The number of benzene rings is 1. The van der Waals surface area contributed by atoms with Crippen LogP contribution < -0.4 is 11.1 Å². The third-order valence-electron chi connectivity index (χ3n) is 4.15. The minimum atomic E-state index is -0.494. The SMILES string of the molecule is NC1CCN(C(=O)c2ccsc2NC(=O)c2ccc(Cl)cc2O)CC1. The second-order valence-electron chi connectivity index (χ2n) is 5.91. The molecule has 4 N–H and O–H groups in total. The Kier molecular flexibility index (Phi) is 5.27. The van der Waals surface area contributed by atoms with Crippen LogP contribution >= 0.6 is 22.9 Å². The first kappa shape index (κ1) is 17.7. The van der Waals surface area contributed by atoms with E-state index in [2.05, 4.69) is 5.32 Å². The normalized spacial score (nSPS) is 15.2. The number of amides is 2. The summed E-state index contributed by atoms with van der Waals surface area (Å²) in [7, 11) is 0. The van der Waals surface area contributed by atoms with E-state index < -0.39 is 5.91 Å². The van der Waals surface area contributed by atoms with E-state index in [-0.39, 0.29) is 23.3 Å². The van der Waals surface area contributed by atoms with Crippen LogP contribution in [0.4, 0.5) is 5.00 Å². The topological polar surface area (TPSA) is 95.7 Å². The number of thiophene rings is 1. The number of piperidine rings is 1. The molecular formula is C17H18ClN3O3S. The molecule has 1 aromatic heterocycles. The summed E-state index contributed by atoms with van der Waals surface area (Å²) in [5.74, 6) is -0.824. The Labute approximate surface area is 154 Å². The highest BCUT2D eigenvalue weighted by atomic mass is 35.5. The minimum absolute atomic E-state index is 0.0974. The van der Waals surface area contributed by atoms with Crippen molar-refractivity contribution in [2.75, 3.05) is 18.4 Å². The van der Waals surface area contributed by atoms with Gasteiger partial charge in [-0.15, -0.1) is 11.3 Å². The maximum absolute atomic E-state index is 12.7. The zero-order valence-electron chi connectivity index (χ0n) is 13.4. The quantitative estimate of drug-likeness (QED) is 0.764. The molecular weight excluding hydrogens is 362 g/mol. The highest BCUT2D eigenvalue weighted by Crippen LogP contribution is 2.28. The van der Waals surface area contributed by atoms with Crippen LogP contribution in [0, 0.1) is 0 Å². The Morgan fingerprint density at radius 2 is 1.96 bits per heavy atom. The Balaban J connectivity index is 1.75. The number of hydrogen-bond acceptors (Lipinski definition) is 5. The summed E-state index contributed by atoms with van der Waals surface area (Å²) in [6, 6.07) is 6.09. The van der Waals surface area contributed by atoms with Gasteiger partial charge >= 0.3 is 0 Å². The Hall–Kier alpha value is -2.09. The van der Waals surface area contributed by atoms with Gasteiger partial charge in [0.05, 0.1) is 11.1 Å². The monoisotopic (exact) mass is 379 g/mol. The van der Waals surface area contributed by atoms with Crippen LogP contribution in [0.3, 0.4) is 0 Å². The summed E-state index contributed by atoms with van der Waals surface area (Å²) in [6.07, 6.45) is 1.55. The first-order chi connectivity index (χ1) is 12.0. The van der Waals surface area contributed by atoms with Crippen molar-refractivity contribution in [1.82, 2.24) is 4.90 Å². The summed E-state index contributed by atoms with van der Waals surface area (Å²) < 4.78 is 0. The number of nitrogens with one attached hydrogen (secondary N) is 1. The van der Waals surface area contributed by atoms with E-state index in [0.29, 0.717) is 28.7 Å². The fraction of sp³-hybridized carbons (Fsp3) is 0.294. The molecule has 0 spiro atoms. The van der Waals surface area contributed by atoms with E-state index in [0.717, 1.165) is 12.8 Å². The van der Waals surface area contributed by atoms with Crippen molar-refractivity contribution in [1.29, 1.82) is 0 Å². The molecule has 132 valence electrons. The highest BCUT2D eigenvalue weighted by Gasteiger charge is 2.25. The van der Waals surface area contributed by atoms with Crippen molar-refractivity contribution in [2.45, 2.75) is 18.9 Å². The largest absolute Gasteiger partial charge is 0.507 e. The van der Waals surface area contributed by atoms with Crippen LogP contribution in [0.5, 0.6) is 5.75 Å². The summed E-state index contributed by atoms with van der Waals surface area (Å²) in [4.78, 5) is 26.8. The molecule has 1 saturated heterocycles. The van der Waals surface area contributed by atoms with Crippen LogP contribution in [-0.2, 0) is 0 Å². The molecule has 25 heavy (non-hydrogen) atoms. The van der Waals surface area contributed by atoms with Crippen LogP contribution in [0.2, 0.25) is 5.02 Å². The third-order valence-corrected chi connectivity index (χ3v) is 5.22. The van der Waals surface area contributed by atoms with Gasteiger partial charge in [-0.3, -0.25) is 9.59 Å². The first-order valence-corrected chi connectivity index (χ1v) is 9.13. The molecule has 8 heteroatoms. The maximum atomic E-state index is 12.7. The smallest absolute Gasteiger partial charge is 0.260 e. The van der Waals surface area contributed by atoms with E-state index >= 15 is 0 Å². The molecule has 1 fully saturated rings. The summed E-state index contributed by atoms with van der Waals surface area (Å²) in [5, 5.41) is 15.1. The number of phenolic OH excluding ortho intramolecular Hbond substituents is 1. The van der Waals surface area contributed by atoms with Crippen molar-refractivity contribution >= 4 is 39.8 Å². The van der Waals surface area contributed by atoms with Crippen LogP contribution in [-0.4, -0.2) is 41.0 Å². The molecule has 1 aliphatic rings. The van der Waals surface area contributed by atoms with Gasteiger partial charge in [0, 0.05) is 24.2 Å². The average molecular weight is 380 g/mol. The molecule has 0 bridgehead atoms. The molecule has 2 amide bonds. The van der Waals surface area contributed by atoms with E-state index in [4.69, 9.17) is 17.3 Å². The van der Waals surface area contributed by atoms with E-state index in [1.165, 1.54) is 29.5 Å². The fourth-order valence-electron chi connectivity index (χ4n) is 2.71. The molecule has 0 radical (unpaired) electrons. The molecule has 6 nitrogen and oxygen atoms in total. The zero-order chi connectivity index (χ0) is 18.0. The lowest BCUT2D eigenvalue weighted by atomic mass is 10.1. The average Bonchev–Trinajstić information content (AvgIpc) is 3.02. The predicted molar refractivity (Wildman–Crippen MR) is 98.5 cm³/mol. The lowest BCUT2D eigenvalue weighted by Crippen LogP contribution is -2.42. The fourth-order valence-corrected chi connectivity index (χ4v) is 3.66. The van der Waals surface area contributed by atoms with E-state index in [1.54, 1.807) is 16.3 Å². The number of phenols is 1. The van der Waals surface area contributed by atoms with Gasteiger partial charge in [-0.05, 0) is 42.5 Å². The van der Waals surface area contributed by atoms with Crippen molar-refractivity contribution in [3.8, 4) is 5.75 Å². The van der Waals surface area contributed by atoms with Gasteiger partial charge in [-0.2, -0.15) is 0 Å². The van der Waals surface area contributed by atoms with E-state index in [9.17, 15) is 14.7 Å². The van der Waals surface area contributed by atoms with Gasteiger partial charge in [-0.25, -0.2) is 0 Å². The molecule has 2 aromatic rings. The lowest BCUT2D eigenvalue weighted by Gasteiger charge is -2.30. The molecule has 0 aliphatic carbocycles. The number of rotatable bonds is 3. The Bertz CT molecular complexity index is 800. The van der Waals surface area contributed by atoms with Gasteiger partial charge < -0.3 is 21.1 Å². The first-order valence-electron chi connectivity index (χ1n) is 7.88. The number of anilines is 1. The number of carbonyl (C=O) groups is 2. The molecule has 1 aliphatic heterocycles. The molecule has 0 unspecified atom stereocenters. The number of aromatic hydroxyl groups is 1. The maximum Gasteiger partial charge on any atom is 0.260 e. The van der Waals surface area contributed by atoms with Crippen molar-refractivity contribution < 1.29 is 14.7 Å². The van der Waals surface area contributed by atoms with Crippen LogP contribution in [0.15, 0.2) is 29.6 Å². The highest BCUT2D eigenvalue weighted by molar-refractivity contribution is 7.14. The second kappa shape index (κ2) is 7.43. The van der Waals surface area contributed by atoms with Gasteiger partial charge in [-0.1, -0.05) is 11.6 Å². The number of hydrogen-bond donors (Lipinski definition) is 3. The van der Waals surface area contributed by atoms with Gasteiger partial charge in [0.15, 0.2) is 0 Å². The second-order valence-corrected chi connectivity index (χ2v) is 7.26. The number of halogens is 1. The van der Waals surface area contributed by atoms with Crippen molar-refractivity contribution in [2.24, 2.45) is 5.73 Å². The van der Waals surface area contributed by atoms with Gasteiger partial charge in [0.2, 0.25) is 0 Å². The van der Waals surface area contributed by atoms with Gasteiger partial charge in [0.1, 0.15) is 10.8 Å². The van der Waals surface area contributed by atoms with E-state index in [1.807, 2.05) is 0 Å². The lowest BCUT2D eigenvalue weighted by molar-refractivity contribution is 0.0716. The molecule has 2 heterocycles. The number of likely N-dealkylation sites (tertiary alicyclic amines) is 1. The zero-order valence-corrected chi connectivity index (χ0v) is 14.9. The van der Waals surface area contributed by atoms with Crippen molar-refractivity contribution in [3.05, 3.63) is 45.8 Å².